The highest BCUT2D eigenvalue weighted by molar-refractivity contribution is 5.89. The molecule has 1 fully saturated rings. The molecule has 122 valence electrons. The number of aryl methyl sites for hydroxylation is 1. The predicted octanol–water partition coefficient (Wildman–Crippen LogP) is 2.83. The zero-order valence-corrected chi connectivity index (χ0v) is 13.2. The van der Waals surface area contributed by atoms with Gasteiger partial charge >= 0.3 is 5.97 Å². The Hall–Kier alpha value is -2.62. The second-order valence-corrected chi connectivity index (χ2v) is 6.76. The molecule has 1 saturated carbocycles. The van der Waals surface area contributed by atoms with Crippen LogP contribution in [0.25, 0.3) is 0 Å². The summed E-state index contributed by atoms with van der Waals surface area (Å²) in [5, 5.41) is 12.2. The topological polar surface area (TPSA) is 66.4 Å². The highest BCUT2D eigenvalue weighted by atomic mass is 16.4. The van der Waals surface area contributed by atoms with Gasteiger partial charge in [-0.3, -0.25) is 4.79 Å². The highest BCUT2D eigenvalue weighted by Gasteiger charge is 2.61. The number of hydrogen-bond donors (Lipinski definition) is 2. The molecule has 2 N–H and O–H groups in total. The first kappa shape index (κ1) is 14.9. The van der Waals surface area contributed by atoms with Crippen LogP contribution < -0.4 is 5.32 Å². The molecule has 3 atom stereocenters. The van der Waals surface area contributed by atoms with E-state index in [-0.39, 0.29) is 17.2 Å². The van der Waals surface area contributed by atoms with Crippen molar-refractivity contribution in [3.63, 3.8) is 0 Å². The highest BCUT2D eigenvalue weighted by Crippen LogP contribution is 2.61. The van der Waals surface area contributed by atoms with Crippen molar-refractivity contribution in [3.8, 4) is 0 Å². The van der Waals surface area contributed by atoms with Gasteiger partial charge in [0.05, 0.1) is 0 Å². The fourth-order valence-electron chi connectivity index (χ4n) is 4.12. The van der Waals surface area contributed by atoms with Crippen molar-refractivity contribution in [3.05, 3.63) is 71.3 Å². The van der Waals surface area contributed by atoms with Gasteiger partial charge in [0.2, 0.25) is 5.91 Å². The Bertz CT molecular complexity index is 802. The Morgan fingerprint density at radius 3 is 2.54 bits per heavy atom. The minimum Gasteiger partial charge on any atom is -0.479 e. The van der Waals surface area contributed by atoms with E-state index in [0.717, 1.165) is 19.3 Å². The second kappa shape index (κ2) is 5.48. The molecule has 4 heteroatoms. The molecule has 0 bridgehead atoms. The molecule has 24 heavy (non-hydrogen) atoms. The summed E-state index contributed by atoms with van der Waals surface area (Å²) in [6.45, 7) is 0. The van der Waals surface area contributed by atoms with Crippen LogP contribution in [-0.2, 0) is 21.4 Å². The maximum absolute atomic E-state index is 12.7. The summed E-state index contributed by atoms with van der Waals surface area (Å²) in [6, 6.07) is 16.1. The zero-order valence-electron chi connectivity index (χ0n) is 13.2. The molecule has 0 radical (unpaired) electrons. The third-order valence-corrected chi connectivity index (χ3v) is 5.45. The van der Waals surface area contributed by atoms with E-state index in [2.05, 4.69) is 17.4 Å². The van der Waals surface area contributed by atoms with Crippen LogP contribution in [0.3, 0.4) is 0 Å². The molecule has 2 unspecified atom stereocenters. The van der Waals surface area contributed by atoms with Crippen molar-refractivity contribution >= 4 is 11.9 Å². The van der Waals surface area contributed by atoms with E-state index in [0.29, 0.717) is 5.56 Å². The van der Waals surface area contributed by atoms with Gasteiger partial charge in [0.15, 0.2) is 6.04 Å². The van der Waals surface area contributed by atoms with Crippen molar-refractivity contribution in [1.29, 1.82) is 0 Å². The number of hydrogen-bond acceptors (Lipinski definition) is 2. The quantitative estimate of drug-likeness (QED) is 0.910. The summed E-state index contributed by atoms with van der Waals surface area (Å²) in [4.78, 5) is 24.3. The van der Waals surface area contributed by atoms with Crippen LogP contribution >= 0.6 is 0 Å². The molecule has 2 aliphatic carbocycles. The summed E-state index contributed by atoms with van der Waals surface area (Å²) < 4.78 is 0. The van der Waals surface area contributed by atoms with Crippen molar-refractivity contribution in [1.82, 2.24) is 5.32 Å². The molecule has 0 heterocycles. The fraction of sp³-hybridized carbons (Fsp3) is 0.300. The van der Waals surface area contributed by atoms with Gasteiger partial charge in [-0.05, 0) is 36.0 Å². The Morgan fingerprint density at radius 1 is 1.08 bits per heavy atom. The van der Waals surface area contributed by atoms with Crippen molar-refractivity contribution < 1.29 is 14.7 Å². The zero-order chi connectivity index (χ0) is 16.7. The van der Waals surface area contributed by atoms with Crippen molar-refractivity contribution in [2.45, 2.75) is 30.7 Å². The van der Waals surface area contributed by atoms with Gasteiger partial charge in [-0.2, -0.15) is 0 Å². The minimum atomic E-state index is -1.03. The van der Waals surface area contributed by atoms with Gasteiger partial charge < -0.3 is 10.4 Å². The Labute approximate surface area is 140 Å². The third-order valence-electron chi connectivity index (χ3n) is 5.45. The Balaban J connectivity index is 1.53. The van der Waals surface area contributed by atoms with Crippen LogP contribution in [0.2, 0.25) is 0 Å². The van der Waals surface area contributed by atoms with Crippen LogP contribution in [-0.4, -0.2) is 17.0 Å². The number of carboxylic acids is 1. The van der Waals surface area contributed by atoms with Crippen LogP contribution in [0.4, 0.5) is 0 Å². The molecule has 4 nitrogen and oxygen atoms in total. The molecule has 4 rings (SSSR count). The summed E-state index contributed by atoms with van der Waals surface area (Å²) in [5.41, 5.74) is 3.13. The van der Waals surface area contributed by atoms with Crippen molar-refractivity contribution in [2.75, 3.05) is 0 Å². The number of carboxylic acid groups (broad SMARTS) is 1. The van der Waals surface area contributed by atoms with Crippen LogP contribution in [0.1, 0.15) is 35.6 Å². The van der Waals surface area contributed by atoms with E-state index in [1.807, 2.05) is 18.2 Å². The van der Waals surface area contributed by atoms with Crippen LogP contribution in [0, 0.1) is 5.92 Å². The first-order valence-corrected chi connectivity index (χ1v) is 8.28. The maximum atomic E-state index is 12.7. The Kier molecular flexibility index (Phi) is 3.41. The lowest BCUT2D eigenvalue weighted by molar-refractivity contribution is -0.142. The smallest absolute Gasteiger partial charge is 0.330 e. The summed E-state index contributed by atoms with van der Waals surface area (Å²) in [5.74, 6) is -1.30. The molecule has 2 aromatic rings. The van der Waals surface area contributed by atoms with Crippen molar-refractivity contribution in [2.24, 2.45) is 5.92 Å². The average Bonchev–Trinajstić information content (AvgIpc) is 3.22. The number of aliphatic carboxylic acids is 1. The molecule has 1 amide bonds. The maximum Gasteiger partial charge on any atom is 0.330 e. The lowest BCUT2D eigenvalue weighted by Gasteiger charge is -2.17. The summed E-state index contributed by atoms with van der Waals surface area (Å²) in [7, 11) is 0. The minimum absolute atomic E-state index is 0.0690. The van der Waals surface area contributed by atoms with E-state index in [1.54, 1.807) is 24.3 Å². The largest absolute Gasteiger partial charge is 0.479 e. The van der Waals surface area contributed by atoms with Gasteiger partial charge in [-0.25, -0.2) is 4.79 Å². The van der Waals surface area contributed by atoms with Gasteiger partial charge in [0.1, 0.15) is 0 Å². The van der Waals surface area contributed by atoms with E-state index in [1.165, 1.54) is 11.1 Å². The number of benzene rings is 2. The monoisotopic (exact) mass is 321 g/mol. The first-order valence-electron chi connectivity index (χ1n) is 8.28. The lowest BCUT2D eigenvalue weighted by Crippen LogP contribution is -2.36. The van der Waals surface area contributed by atoms with Gasteiger partial charge in [0.25, 0.3) is 0 Å². The molecule has 2 aliphatic rings. The predicted molar refractivity (Wildman–Crippen MR) is 89.5 cm³/mol. The van der Waals surface area contributed by atoms with Crippen LogP contribution in [0.15, 0.2) is 54.6 Å². The van der Waals surface area contributed by atoms with Crippen LogP contribution in [0.5, 0.6) is 0 Å². The summed E-state index contributed by atoms with van der Waals surface area (Å²) in [6.07, 6.45) is 2.80. The van der Waals surface area contributed by atoms with E-state index < -0.39 is 12.0 Å². The van der Waals surface area contributed by atoms with E-state index in [4.69, 9.17) is 0 Å². The third kappa shape index (κ3) is 2.30. The fourth-order valence-corrected chi connectivity index (χ4v) is 4.12. The second-order valence-electron chi connectivity index (χ2n) is 6.76. The molecule has 1 spiro atoms. The number of carbonyl (C=O) groups is 2. The number of nitrogens with one attached hydrogen (secondary N) is 1. The molecule has 0 aliphatic heterocycles. The van der Waals surface area contributed by atoms with Gasteiger partial charge in [0, 0.05) is 11.3 Å². The molecule has 0 aromatic heterocycles. The number of rotatable bonds is 4. The van der Waals surface area contributed by atoms with E-state index >= 15 is 0 Å². The molecule has 2 aromatic carbocycles. The van der Waals surface area contributed by atoms with E-state index in [9.17, 15) is 14.7 Å². The van der Waals surface area contributed by atoms with Gasteiger partial charge in [-0.15, -0.1) is 0 Å². The summed E-state index contributed by atoms with van der Waals surface area (Å²) >= 11 is 0. The first-order chi connectivity index (χ1) is 11.6. The number of fused-ring (bicyclic) bond motifs is 2. The lowest BCUT2D eigenvalue weighted by atomic mass is 9.95. The average molecular weight is 321 g/mol. The SMILES string of the molecule is O=C(N[C@H](C(=O)O)c1ccccc1)C1CC12CCc1ccccc12. The normalized spacial score (nSPS) is 25.1. The standard InChI is InChI=1S/C20H19NO3/c22-18(21-17(19(23)24)14-7-2-1-3-8-14)16-12-20(16)11-10-13-6-4-5-9-15(13)20/h1-9,16-17H,10-12H2,(H,21,22)(H,23,24)/t16?,17-,20?/m0/s1. The Morgan fingerprint density at radius 2 is 1.79 bits per heavy atom. The number of carbonyl (C=O) groups excluding carboxylic acids is 1. The van der Waals surface area contributed by atoms with Gasteiger partial charge in [-0.1, -0.05) is 54.6 Å². The molecular weight excluding hydrogens is 302 g/mol. The number of amides is 1. The molecular formula is C20H19NO3. The molecule has 0 saturated heterocycles.